The van der Waals surface area contributed by atoms with Gasteiger partial charge < -0.3 is 5.32 Å². The predicted octanol–water partition coefficient (Wildman–Crippen LogP) is 3.88. The summed E-state index contributed by atoms with van der Waals surface area (Å²) in [7, 11) is 0. The average molecular weight is 311 g/mol. The van der Waals surface area contributed by atoms with Gasteiger partial charge in [0.05, 0.1) is 10.2 Å². The Kier molecular flexibility index (Phi) is 4.15. The number of carbonyl (C=O) groups is 1. The van der Waals surface area contributed by atoms with Crippen LogP contribution < -0.4 is 5.32 Å². The molecule has 2 heterocycles. The van der Waals surface area contributed by atoms with E-state index in [0.717, 1.165) is 21.3 Å². The summed E-state index contributed by atoms with van der Waals surface area (Å²) in [6.07, 6.45) is 4.63. The van der Waals surface area contributed by atoms with Gasteiger partial charge in [-0.2, -0.15) is 0 Å². The zero-order chi connectivity index (χ0) is 15.5. The Morgan fingerprint density at radius 3 is 2.95 bits per heavy atom. The molecule has 0 spiro atoms. The molecule has 1 aromatic carbocycles. The molecule has 0 aliphatic heterocycles. The number of pyridine rings is 1. The molecule has 0 aliphatic rings. The van der Waals surface area contributed by atoms with Gasteiger partial charge in [0.2, 0.25) is 5.91 Å². The molecule has 4 nitrogen and oxygen atoms in total. The van der Waals surface area contributed by atoms with Crippen LogP contribution in [0.2, 0.25) is 0 Å². The molecule has 5 heteroatoms. The van der Waals surface area contributed by atoms with Crippen molar-refractivity contribution in [3.8, 4) is 0 Å². The van der Waals surface area contributed by atoms with Crippen LogP contribution in [0.1, 0.15) is 23.1 Å². The van der Waals surface area contributed by atoms with E-state index >= 15 is 0 Å². The summed E-state index contributed by atoms with van der Waals surface area (Å²) in [5.74, 6) is -0.0164. The van der Waals surface area contributed by atoms with Gasteiger partial charge in [-0.3, -0.25) is 9.78 Å². The van der Waals surface area contributed by atoms with Crippen LogP contribution in [0.5, 0.6) is 0 Å². The molecule has 0 atom stereocenters. The monoisotopic (exact) mass is 311 g/mol. The number of fused-ring (bicyclic) bond motifs is 1. The van der Waals surface area contributed by atoms with Crippen molar-refractivity contribution in [1.82, 2.24) is 9.97 Å². The molecule has 0 unspecified atom stereocenters. The Labute approximate surface area is 133 Å². The second-order valence-corrected chi connectivity index (χ2v) is 6.39. The Bertz CT molecular complexity index is 811. The molecule has 0 saturated heterocycles. The number of amides is 1. The fourth-order valence-electron chi connectivity index (χ4n) is 2.41. The van der Waals surface area contributed by atoms with E-state index in [9.17, 15) is 4.79 Å². The lowest BCUT2D eigenvalue weighted by Gasteiger charge is -2.01. The third kappa shape index (κ3) is 3.31. The lowest BCUT2D eigenvalue weighted by molar-refractivity contribution is -0.116. The summed E-state index contributed by atoms with van der Waals surface area (Å²) in [5.41, 5.74) is 4.39. The van der Waals surface area contributed by atoms with Crippen molar-refractivity contribution in [2.75, 3.05) is 5.32 Å². The summed E-state index contributed by atoms with van der Waals surface area (Å²) in [6, 6.07) is 8.07. The first-order chi connectivity index (χ1) is 10.6. The van der Waals surface area contributed by atoms with Crippen LogP contribution in [0.25, 0.3) is 10.2 Å². The number of carbonyl (C=O) groups excluding carboxylic acids is 1. The highest BCUT2D eigenvalue weighted by atomic mass is 32.1. The van der Waals surface area contributed by atoms with E-state index in [-0.39, 0.29) is 5.91 Å². The van der Waals surface area contributed by atoms with Crippen LogP contribution in [-0.4, -0.2) is 15.9 Å². The summed E-state index contributed by atoms with van der Waals surface area (Å²) >= 11 is 1.52. The molecular weight excluding hydrogens is 294 g/mol. The van der Waals surface area contributed by atoms with Gasteiger partial charge in [0.15, 0.2) is 5.13 Å². The molecule has 3 aromatic rings. The molecule has 112 valence electrons. The maximum Gasteiger partial charge on any atom is 0.226 e. The minimum Gasteiger partial charge on any atom is -0.302 e. The number of thiazole rings is 1. The van der Waals surface area contributed by atoms with E-state index in [1.165, 1.54) is 16.9 Å². The van der Waals surface area contributed by atoms with Crippen LogP contribution >= 0.6 is 11.3 Å². The number of rotatable bonds is 4. The van der Waals surface area contributed by atoms with Crippen LogP contribution in [0, 0.1) is 13.8 Å². The minimum atomic E-state index is -0.0164. The zero-order valence-corrected chi connectivity index (χ0v) is 13.4. The van der Waals surface area contributed by atoms with Gasteiger partial charge in [0.25, 0.3) is 0 Å². The number of hydrogen-bond donors (Lipinski definition) is 1. The van der Waals surface area contributed by atoms with E-state index < -0.39 is 0 Å². The van der Waals surface area contributed by atoms with Gasteiger partial charge in [0, 0.05) is 18.8 Å². The van der Waals surface area contributed by atoms with Crippen molar-refractivity contribution in [3.05, 3.63) is 53.3 Å². The number of aryl methyl sites for hydroxylation is 3. The van der Waals surface area contributed by atoms with Gasteiger partial charge in [-0.25, -0.2) is 4.98 Å². The second kappa shape index (κ2) is 6.23. The Morgan fingerprint density at radius 2 is 2.18 bits per heavy atom. The van der Waals surface area contributed by atoms with Crippen molar-refractivity contribution < 1.29 is 4.79 Å². The summed E-state index contributed by atoms with van der Waals surface area (Å²) in [6.45, 7) is 4.11. The SMILES string of the molecule is Cc1cc(C)c2nc(NC(=O)CCc3cccnc3)sc2c1. The van der Waals surface area contributed by atoms with Crippen LogP contribution in [0.3, 0.4) is 0 Å². The normalized spacial score (nSPS) is 10.8. The van der Waals surface area contributed by atoms with E-state index in [4.69, 9.17) is 0 Å². The fraction of sp³-hybridized carbons (Fsp3) is 0.235. The molecule has 0 bridgehead atoms. The number of benzene rings is 1. The summed E-state index contributed by atoms with van der Waals surface area (Å²) in [4.78, 5) is 20.6. The van der Waals surface area contributed by atoms with Crippen molar-refractivity contribution in [2.45, 2.75) is 26.7 Å². The largest absolute Gasteiger partial charge is 0.302 e. The van der Waals surface area contributed by atoms with Crippen molar-refractivity contribution in [3.63, 3.8) is 0 Å². The third-order valence-electron chi connectivity index (χ3n) is 3.44. The number of nitrogens with one attached hydrogen (secondary N) is 1. The van der Waals surface area contributed by atoms with Gasteiger partial charge >= 0.3 is 0 Å². The number of hydrogen-bond acceptors (Lipinski definition) is 4. The maximum atomic E-state index is 12.0. The second-order valence-electron chi connectivity index (χ2n) is 5.36. The molecule has 0 saturated carbocycles. The van der Waals surface area contributed by atoms with E-state index in [1.807, 2.05) is 19.1 Å². The Hall–Kier alpha value is -2.27. The van der Waals surface area contributed by atoms with Gasteiger partial charge in [-0.1, -0.05) is 23.5 Å². The average Bonchev–Trinajstić information content (AvgIpc) is 2.89. The van der Waals surface area contributed by atoms with Gasteiger partial charge in [0.1, 0.15) is 0 Å². The Morgan fingerprint density at radius 1 is 1.32 bits per heavy atom. The Balaban J connectivity index is 1.68. The predicted molar refractivity (Wildman–Crippen MR) is 90.3 cm³/mol. The van der Waals surface area contributed by atoms with E-state index in [2.05, 4.69) is 34.3 Å². The lowest BCUT2D eigenvalue weighted by Crippen LogP contribution is -2.12. The summed E-state index contributed by atoms with van der Waals surface area (Å²) in [5, 5.41) is 3.56. The molecule has 3 rings (SSSR count). The topological polar surface area (TPSA) is 54.9 Å². The van der Waals surface area contributed by atoms with E-state index in [1.54, 1.807) is 12.4 Å². The third-order valence-corrected chi connectivity index (χ3v) is 4.36. The first-order valence-corrected chi connectivity index (χ1v) is 8.00. The minimum absolute atomic E-state index is 0.0164. The van der Waals surface area contributed by atoms with Crippen molar-refractivity contribution >= 4 is 32.6 Å². The highest BCUT2D eigenvalue weighted by Crippen LogP contribution is 2.29. The number of aromatic nitrogens is 2. The number of nitrogens with zero attached hydrogens (tertiary/aromatic N) is 2. The maximum absolute atomic E-state index is 12.0. The first-order valence-electron chi connectivity index (χ1n) is 7.18. The standard InChI is InChI=1S/C17H17N3OS/c1-11-8-12(2)16-14(9-11)22-17(20-16)19-15(21)6-5-13-4-3-7-18-10-13/h3-4,7-10H,5-6H2,1-2H3,(H,19,20,21). The fourth-order valence-corrected chi connectivity index (χ4v) is 3.47. The molecule has 2 aromatic heterocycles. The van der Waals surface area contributed by atoms with Crippen LogP contribution in [0.4, 0.5) is 5.13 Å². The molecule has 0 fully saturated rings. The molecule has 0 radical (unpaired) electrons. The quantitative estimate of drug-likeness (QED) is 0.795. The first kappa shape index (κ1) is 14.7. The molecular formula is C17H17N3OS. The van der Waals surface area contributed by atoms with Gasteiger partial charge in [-0.15, -0.1) is 0 Å². The molecule has 1 N–H and O–H groups in total. The van der Waals surface area contributed by atoms with Crippen molar-refractivity contribution in [1.29, 1.82) is 0 Å². The van der Waals surface area contributed by atoms with Crippen molar-refractivity contribution in [2.24, 2.45) is 0 Å². The molecule has 22 heavy (non-hydrogen) atoms. The summed E-state index contributed by atoms with van der Waals surface area (Å²) < 4.78 is 1.11. The zero-order valence-electron chi connectivity index (χ0n) is 12.6. The van der Waals surface area contributed by atoms with Crippen LogP contribution in [0.15, 0.2) is 36.7 Å². The molecule has 1 amide bonds. The number of anilines is 1. The van der Waals surface area contributed by atoms with Gasteiger partial charge in [-0.05, 0) is 49.1 Å². The molecule has 0 aliphatic carbocycles. The highest BCUT2D eigenvalue weighted by Gasteiger charge is 2.10. The lowest BCUT2D eigenvalue weighted by atomic mass is 10.1. The van der Waals surface area contributed by atoms with Crippen LogP contribution in [-0.2, 0) is 11.2 Å². The van der Waals surface area contributed by atoms with E-state index in [0.29, 0.717) is 18.0 Å². The highest BCUT2D eigenvalue weighted by molar-refractivity contribution is 7.22. The smallest absolute Gasteiger partial charge is 0.226 e.